The van der Waals surface area contributed by atoms with Gasteiger partial charge < -0.3 is 21.3 Å². The Kier molecular flexibility index (Phi) is 9.44. The number of alkyl halides is 2. The first-order chi connectivity index (χ1) is 19.5. The van der Waals surface area contributed by atoms with Crippen LogP contribution in [0.25, 0.3) is 0 Å². The minimum absolute atomic E-state index is 0.0514. The molecule has 1 unspecified atom stereocenters. The van der Waals surface area contributed by atoms with Crippen molar-refractivity contribution in [2.45, 2.75) is 36.6 Å². The third-order valence-electron chi connectivity index (χ3n) is 6.98. The van der Waals surface area contributed by atoms with E-state index in [0.29, 0.717) is 18.5 Å². The molecule has 4 rings (SSSR count). The summed E-state index contributed by atoms with van der Waals surface area (Å²) in [5, 5.41) is 14.9. The van der Waals surface area contributed by atoms with E-state index in [2.05, 4.69) is 10.6 Å². The molecule has 3 atom stereocenters. The summed E-state index contributed by atoms with van der Waals surface area (Å²) in [6, 6.07) is 13.1. The number of nitrogen functional groups attached to an aromatic ring is 1. The largest absolute Gasteiger partial charge is 0.384 e. The van der Waals surface area contributed by atoms with Crippen LogP contribution in [0.5, 0.6) is 0 Å². The van der Waals surface area contributed by atoms with Crippen LogP contribution in [0.3, 0.4) is 0 Å². The van der Waals surface area contributed by atoms with E-state index in [1.165, 1.54) is 64.8 Å². The van der Waals surface area contributed by atoms with Gasteiger partial charge in [-0.1, -0.05) is 42.5 Å². The number of carbonyl (C=O) groups is 3. The summed E-state index contributed by atoms with van der Waals surface area (Å²) in [4.78, 5) is 41.3. The highest BCUT2D eigenvalue weighted by atomic mass is 32.2. The summed E-state index contributed by atoms with van der Waals surface area (Å²) < 4.78 is 29.6. The number of thioether (sulfide) groups is 1. The number of nitrogens with one attached hydrogen (secondary N) is 3. The average molecular weight is 600 g/mol. The lowest BCUT2D eigenvalue weighted by molar-refractivity contribution is -0.137. The number of amidine groups is 1. The number of nitrogens with zero attached hydrogens (tertiary/aromatic N) is 1. The molecule has 5 N–H and O–H groups in total. The van der Waals surface area contributed by atoms with Crippen molar-refractivity contribution in [1.82, 2.24) is 15.5 Å². The normalized spacial score (nSPS) is 17.6. The smallest absolute Gasteiger partial charge is 0.298 e. The molecule has 0 bridgehead atoms. The molecular formula is C29H31F2N5O3S2. The Balaban J connectivity index is 1.36. The lowest BCUT2D eigenvalue weighted by Crippen LogP contribution is -2.49. The maximum atomic E-state index is 14.8. The molecule has 8 nitrogen and oxygen atoms in total. The first-order valence-electron chi connectivity index (χ1n) is 12.9. The lowest BCUT2D eigenvalue weighted by atomic mass is 9.99. The summed E-state index contributed by atoms with van der Waals surface area (Å²) in [5.74, 6) is -4.57. The van der Waals surface area contributed by atoms with Crippen LogP contribution < -0.4 is 16.4 Å². The Morgan fingerprint density at radius 1 is 1.12 bits per heavy atom. The molecule has 1 saturated heterocycles. The molecule has 41 heavy (non-hydrogen) atoms. The Morgan fingerprint density at radius 2 is 1.78 bits per heavy atom. The first-order valence-corrected chi connectivity index (χ1v) is 15.1. The van der Waals surface area contributed by atoms with Gasteiger partial charge in [0.15, 0.2) is 0 Å². The minimum Gasteiger partial charge on any atom is -0.384 e. The summed E-state index contributed by atoms with van der Waals surface area (Å²) in [5.41, 5.74) is 5.86. The molecule has 1 aliphatic rings. The van der Waals surface area contributed by atoms with Gasteiger partial charge in [-0.05, 0) is 37.8 Å². The van der Waals surface area contributed by atoms with Gasteiger partial charge in [-0.2, -0.15) is 20.5 Å². The molecule has 2 aromatic carbocycles. The second kappa shape index (κ2) is 12.8. The number of amides is 3. The standard InChI is InChI=1S/C29H31F2N5O3S2/c1-17(24-12-19(16-41-24)26(32)33)35-28(39)23-13-22(40-2)15-36(23)25(37)14-34-27(38)18-8-10-21(11-9-18)29(30,31)20-6-4-3-5-7-20/h3-12,16-17,22-23H,13-15H2,1-2H3,(H3,32,33)(H,34,38)(H,35,39)/t17?,22-,23+/m1/s1. The highest BCUT2D eigenvalue weighted by molar-refractivity contribution is 7.99. The molecule has 12 heteroatoms. The monoisotopic (exact) mass is 599 g/mol. The first kappa shape index (κ1) is 30.2. The number of rotatable bonds is 10. The zero-order valence-corrected chi connectivity index (χ0v) is 24.2. The van der Waals surface area contributed by atoms with E-state index < -0.39 is 23.8 Å². The van der Waals surface area contributed by atoms with E-state index in [-0.39, 0.29) is 46.3 Å². The quantitative estimate of drug-likeness (QED) is 0.206. The molecule has 1 aromatic heterocycles. The summed E-state index contributed by atoms with van der Waals surface area (Å²) in [6.45, 7) is 1.84. The topological polar surface area (TPSA) is 128 Å². The highest BCUT2D eigenvalue weighted by Crippen LogP contribution is 2.35. The van der Waals surface area contributed by atoms with Gasteiger partial charge >= 0.3 is 0 Å². The third kappa shape index (κ3) is 6.94. The second-order valence-electron chi connectivity index (χ2n) is 9.74. The molecule has 1 fully saturated rings. The number of benzene rings is 2. The molecule has 0 saturated carbocycles. The van der Waals surface area contributed by atoms with E-state index in [4.69, 9.17) is 11.1 Å². The summed E-state index contributed by atoms with van der Waals surface area (Å²) >= 11 is 2.94. The average Bonchev–Trinajstić information content (AvgIpc) is 3.65. The number of thiophene rings is 1. The van der Waals surface area contributed by atoms with Gasteiger partial charge in [-0.3, -0.25) is 19.8 Å². The number of likely N-dealkylation sites (tertiary alicyclic amines) is 1. The summed E-state index contributed by atoms with van der Waals surface area (Å²) in [6.07, 6.45) is 2.39. The number of hydrogen-bond donors (Lipinski definition) is 4. The van der Waals surface area contributed by atoms with E-state index in [0.717, 1.165) is 4.88 Å². The maximum Gasteiger partial charge on any atom is 0.298 e. The SMILES string of the molecule is CS[C@@H]1C[C@@H](C(=O)NC(C)c2cc(C(=N)N)cs2)N(C(=O)CNC(=O)c2ccc(C(F)(F)c3ccccc3)cc2)C1. The minimum atomic E-state index is -3.22. The number of carbonyl (C=O) groups excluding carboxylic acids is 3. The fraction of sp³-hybridized carbons (Fsp3) is 0.310. The van der Waals surface area contributed by atoms with Crippen LogP contribution in [0, 0.1) is 5.41 Å². The number of nitrogens with two attached hydrogens (primary N) is 1. The predicted molar refractivity (Wildman–Crippen MR) is 158 cm³/mol. The van der Waals surface area contributed by atoms with Crippen LogP contribution in [0.1, 0.15) is 51.3 Å². The van der Waals surface area contributed by atoms with Gasteiger partial charge in [0, 0.05) is 44.3 Å². The highest BCUT2D eigenvalue weighted by Gasteiger charge is 2.40. The van der Waals surface area contributed by atoms with E-state index in [9.17, 15) is 23.2 Å². The van der Waals surface area contributed by atoms with Gasteiger partial charge in [0.05, 0.1) is 12.6 Å². The van der Waals surface area contributed by atoms with Crippen molar-refractivity contribution >= 4 is 46.7 Å². The maximum absolute atomic E-state index is 14.8. The molecule has 3 amide bonds. The van der Waals surface area contributed by atoms with Gasteiger partial charge in [-0.25, -0.2) is 0 Å². The molecule has 2 heterocycles. The molecule has 0 spiro atoms. The van der Waals surface area contributed by atoms with Gasteiger partial charge in [0.2, 0.25) is 11.8 Å². The Labute approximate surface area is 245 Å². The lowest BCUT2D eigenvalue weighted by Gasteiger charge is -2.25. The van der Waals surface area contributed by atoms with Crippen LogP contribution >= 0.6 is 23.1 Å². The van der Waals surface area contributed by atoms with Crippen molar-refractivity contribution in [3.63, 3.8) is 0 Å². The van der Waals surface area contributed by atoms with Crippen molar-refractivity contribution in [2.24, 2.45) is 5.73 Å². The predicted octanol–water partition coefficient (Wildman–Crippen LogP) is 4.11. The van der Waals surface area contributed by atoms with Crippen molar-refractivity contribution in [3.8, 4) is 0 Å². The van der Waals surface area contributed by atoms with Crippen LogP contribution in [0.15, 0.2) is 66.0 Å². The van der Waals surface area contributed by atoms with Crippen LogP contribution in [-0.2, 0) is 15.5 Å². The second-order valence-corrected chi connectivity index (χ2v) is 11.8. The summed E-state index contributed by atoms with van der Waals surface area (Å²) in [7, 11) is 0. The molecule has 216 valence electrons. The molecule has 1 aliphatic heterocycles. The van der Waals surface area contributed by atoms with Crippen molar-refractivity contribution in [3.05, 3.63) is 93.2 Å². The Hall–Kier alpha value is -3.77. The fourth-order valence-corrected chi connectivity index (χ4v) is 6.20. The molecular weight excluding hydrogens is 568 g/mol. The molecule has 0 radical (unpaired) electrons. The fourth-order valence-electron chi connectivity index (χ4n) is 4.60. The van der Waals surface area contributed by atoms with Crippen molar-refractivity contribution in [2.75, 3.05) is 19.3 Å². The third-order valence-corrected chi connectivity index (χ3v) is 9.11. The van der Waals surface area contributed by atoms with Gasteiger partial charge in [0.25, 0.3) is 11.8 Å². The van der Waals surface area contributed by atoms with Gasteiger partial charge in [-0.15, -0.1) is 11.3 Å². The van der Waals surface area contributed by atoms with Crippen molar-refractivity contribution < 1.29 is 23.2 Å². The Morgan fingerprint density at radius 3 is 2.39 bits per heavy atom. The van der Waals surface area contributed by atoms with E-state index in [1.54, 1.807) is 29.3 Å². The van der Waals surface area contributed by atoms with Crippen LogP contribution in [0.2, 0.25) is 0 Å². The molecule has 0 aliphatic carbocycles. The zero-order valence-electron chi connectivity index (χ0n) is 22.5. The zero-order chi connectivity index (χ0) is 29.7. The van der Waals surface area contributed by atoms with Crippen LogP contribution in [-0.4, -0.2) is 59.1 Å². The molecule has 3 aromatic rings. The van der Waals surface area contributed by atoms with Crippen molar-refractivity contribution in [1.29, 1.82) is 5.41 Å². The van der Waals surface area contributed by atoms with E-state index >= 15 is 0 Å². The number of hydrogen-bond acceptors (Lipinski definition) is 6. The van der Waals surface area contributed by atoms with E-state index in [1.807, 2.05) is 13.2 Å². The Bertz CT molecular complexity index is 1420. The number of halogens is 2. The van der Waals surface area contributed by atoms with Crippen LogP contribution in [0.4, 0.5) is 8.78 Å². The van der Waals surface area contributed by atoms with Gasteiger partial charge in [0.1, 0.15) is 11.9 Å².